The third-order valence-corrected chi connectivity index (χ3v) is 5.69. The molecular formula is C20H28N6O2. The van der Waals surface area contributed by atoms with Gasteiger partial charge < -0.3 is 15.0 Å². The van der Waals surface area contributed by atoms with E-state index in [1.54, 1.807) is 30.4 Å². The van der Waals surface area contributed by atoms with E-state index in [-0.39, 0.29) is 11.9 Å². The molecule has 1 saturated heterocycles. The smallest absolute Gasteiger partial charge is 0.270 e. The number of nitrogens with zero attached hydrogens (tertiary/aromatic N) is 5. The van der Waals surface area contributed by atoms with Crippen molar-refractivity contribution in [3.8, 4) is 5.95 Å². The molecule has 28 heavy (non-hydrogen) atoms. The quantitative estimate of drug-likeness (QED) is 0.852. The molecule has 1 N–H and O–H groups in total. The van der Waals surface area contributed by atoms with Crippen molar-refractivity contribution in [3.05, 3.63) is 30.5 Å². The maximum Gasteiger partial charge on any atom is 0.270 e. The highest BCUT2D eigenvalue weighted by Gasteiger charge is 2.24. The summed E-state index contributed by atoms with van der Waals surface area (Å²) in [6.45, 7) is 1.92. The van der Waals surface area contributed by atoms with Gasteiger partial charge in [0, 0.05) is 44.7 Å². The Morgan fingerprint density at radius 2 is 1.93 bits per heavy atom. The van der Waals surface area contributed by atoms with Crippen molar-refractivity contribution in [2.24, 2.45) is 0 Å². The molecule has 2 fully saturated rings. The molecule has 2 aliphatic rings. The number of imidazole rings is 1. The fraction of sp³-hybridized carbons (Fsp3) is 0.600. The lowest BCUT2D eigenvalue weighted by atomic mass is 9.93. The van der Waals surface area contributed by atoms with Crippen LogP contribution in [0.5, 0.6) is 0 Å². The summed E-state index contributed by atoms with van der Waals surface area (Å²) in [6.07, 6.45) is 12.8. The lowest BCUT2D eigenvalue weighted by Gasteiger charge is -2.29. The lowest BCUT2D eigenvalue weighted by molar-refractivity contribution is 0.0598. The third kappa shape index (κ3) is 4.32. The first-order valence-corrected chi connectivity index (χ1v) is 10.2. The second-order valence-corrected chi connectivity index (χ2v) is 7.61. The van der Waals surface area contributed by atoms with Gasteiger partial charge in [-0.15, -0.1) is 0 Å². The average Bonchev–Trinajstić information content (AvgIpc) is 3.30. The van der Waals surface area contributed by atoms with E-state index in [9.17, 15) is 4.79 Å². The molecule has 1 aliphatic heterocycles. The van der Waals surface area contributed by atoms with E-state index in [1.165, 1.54) is 6.42 Å². The molecule has 2 aromatic heterocycles. The molecule has 0 spiro atoms. The number of carbonyl (C=O) groups excluding carboxylic acids is 1. The number of piperidine rings is 1. The second kappa shape index (κ2) is 8.68. The molecule has 150 valence electrons. The van der Waals surface area contributed by atoms with Crippen molar-refractivity contribution < 1.29 is 9.53 Å². The summed E-state index contributed by atoms with van der Waals surface area (Å²) in [4.78, 5) is 28.5. The number of amides is 1. The van der Waals surface area contributed by atoms with Gasteiger partial charge in [0.15, 0.2) is 0 Å². The lowest BCUT2D eigenvalue weighted by Crippen LogP contribution is -2.39. The zero-order chi connectivity index (χ0) is 19.3. The van der Waals surface area contributed by atoms with Gasteiger partial charge in [-0.3, -0.25) is 9.36 Å². The molecule has 1 aliphatic carbocycles. The van der Waals surface area contributed by atoms with Gasteiger partial charge in [0.25, 0.3) is 5.91 Å². The van der Waals surface area contributed by atoms with Crippen LogP contribution in [0.4, 0.5) is 5.82 Å². The highest BCUT2D eigenvalue weighted by Crippen LogP contribution is 2.22. The van der Waals surface area contributed by atoms with E-state index in [1.807, 2.05) is 6.07 Å². The zero-order valence-corrected chi connectivity index (χ0v) is 16.4. The van der Waals surface area contributed by atoms with Gasteiger partial charge in [-0.25, -0.2) is 9.97 Å². The summed E-state index contributed by atoms with van der Waals surface area (Å²) < 4.78 is 7.17. The first-order chi connectivity index (χ1) is 13.7. The highest BCUT2D eigenvalue weighted by molar-refractivity contribution is 5.93. The van der Waals surface area contributed by atoms with Crippen LogP contribution in [0.1, 0.15) is 55.4 Å². The van der Waals surface area contributed by atoms with Crippen molar-refractivity contribution >= 4 is 11.7 Å². The monoisotopic (exact) mass is 384 g/mol. The van der Waals surface area contributed by atoms with Crippen LogP contribution in [0.3, 0.4) is 0 Å². The highest BCUT2D eigenvalue weighted by atomic mass is 16.5. The van der Waals surface area contributed by atoms with Crippen LogP contribution in [-0.4, -0.2) is 57.8 Å². The minimum Gasteiger partial charge on any atom is -0.381 e. The predicted molar refractivity (Wildman–Crippen MR) is 106 cm³/mol. The van der Waals surface area contributed by atoms with Crippen LogP contribution in [0.25, 0.3) is 5.95 Å². The van der Waals surface area contributed by atoms with Gasteiger partial charge >= 0.3 is 0 Å². The maximum atomic E-state index is 12.9. The number of ether oxygens (including phenoxy) is 1. The molecule has 0 unspecified atom stereocenters. The van der Waals surface area contributed by atoms with Crippen molar-refractivity contribution in [3.63, 3.8) is 0 Å². The van der Waals surface area contributed by atoms with Crippen LogP contribution in [0, 0.1) is 0 Å². The van der Waals surface area contributed by atoms with Gasteiger partial charge in [-0.05, 0) is 44.9 Å². The van der Waals surface area contributed by atoms with Crippen LogP contribution < -0.4 is 10.2 Å². The SMILES string of the molecule is COC1CCC(NC(=O)c2cc(N3CCCCC3)nc(-n3ccnc3)n2)CC1. The Hall–Kier alpha value is -2.48. The fourth-order valence-corrected chi connectivity index (χ4v) is 4.02. The zero-order valence-electron chi connectivity index (χ0n) is 16.4. The Labute approximate surface area is 165 Å². The number of hydrogen-bond donors (Lipinski definition) is 1. The molecule has 3 heterocycles. The van der Waals surface area contributed by atoms with Crippen LogP contribution in [0.2, 0.25) is 0 Å². The van der Waals surface area contributed by atoms with Gasteiger partial charge in [-0.2, -0.15) is 4.98 Å². The molecule has 0 atom stereocenters. The molecule has 4 rings (SSSR count). The molecule has 0 aromatic carbocycles. The molecule has 8 nitrogen and oxygen atoms in total. The summed E-state index contributed by atoms with van der Waals surface area (Å²) in [7, 11) is 1.75. The summed E-state index contributed by atoms with van der Waals surface area (Å²) in [5.41, 5.74) is 0.410. The molecular weight excluding hydrogens is 356 g/mol. The number of nitrogens with one attached hydrogen (secondary N) is 1. The number of rotatable bonds is 5. The minimum absolute atomic E-state index is 0.136. The molecule has 0 bridgehead atoms. The molecule has 1 saturated carbocycles. The van der Waals surface area contributed by atoms with Crippen LogP contribution >= 0.6 is 0 Å². The Morgan fingerprint density at radius 3 is 2.61 bits per heavy atom. The van der Waals surface area contributed by atoms with E-state index in [0.717, 1.165) is 57.4 Å². The normalized spacial score (nSPS) is 22.8. The van der Waals surface area contributed by atoms with Crippen molar-refractivity contribution in [2.75, 3.05) is 25.1 Å². The van der Waals surface area contributed by atoms with Crippen LogP contribution in [-0.2, 0) is 4.74 Å². The number of anilines is 1. The summed E-state index contributed by atoms with van der Waals surface area (Å²) in [5, 5.41) is 3.15. The van der Waals surface area contributed by atoms with E-state index in [0.29, 0.717) is 17.7 Å². The average molecular weight is 384 g/mol. The third-order valence-electron chi connectivity index (χ3n) is 5.69. The molecule has 2 aromatic rings. The van der Waals surface area contributed by atoms with Gasteiger partial charge in [0.1, 0.15) is 17.8 Å². The Balaban J connectivity index is 1.54. The summed E-state index contributed by atoms with van der Waals surface area (Å²) in [6, 6.07) is 1.99. The van der Waals surface area contributed by atoms with Gasteiger partial charge in [0.05, 0.1) is 6.10 Å². The number of hydrogen-bond acceptors (Lipinski definition) is 6. The first-order valence-electron chi connectivity index (χ1n) is 10.2. The Bertz CT molecular complexity index is 780. The van der Waals surface area contributed by atoms with E-state index >= 15 is 0 Å². The van der Waals surface area contributed by atoms with E-state index < -0.39 is 0 Å². The number of methoxy groups -OCH3 is 1. The Morgan fingerprint density at radius 1 is 1.14 bits per heavy atom. The maximum absolute atomic E-state index is 12.9. The minimum atomic E-state index is -0.136. The number of aromatic nitrogens is 4. The first kappa shape index (κ1) is 18.9. The Kier molecular flexibility index (Phi) is 5.85. The van der Waals surface area contributed by atoms with E-state index in [4.69, 9.17) is 9.72 Å². The molecule has 8 heteroatoms. The fourth-order valence-electron chi connectivity index (χ4n) is 4.02. The summed E-state index contributed by atoms with van der Waals surface area (Å²) >= 11 is 0. The van der Waals surface area contributed by atoms with Crippen molar-refractivity contribution in [1.82, 2.24) is 24.8 Å². The van der Waals surface area contributed by atoms with Gasteiger partial charge in [0.2, 0.25) is 5.95 Å². The van der Waals surface area contributed by atoms with Crippen LogP contribution in [0.15, 0.2) is 24.8 Å². The largest absolute Gasteiger partial charge is 0.381 e. The molecule has 1 amide bonds. The summed E-state index contributed by atoms with van der Waals surface area (Å²) in [5.74, 6) is 1.16. The topological polar surface area (TPSA) is 85.2 Å². The van der Waals surface area contributed by atoms with Crippen molar-refractivity contribution in [2.45, 2.75) is 57.1 Å². The molecule has 0 radical (unpaired) electrons. The van der Waals surface area contributed by atoms with Gasteiger partial charge in [-0.1, -0.05) is 0 Å². The van der Waals surface area contributed by atoms with E-state index in [2.05, 4.69) is 20.2 Å². The van der Waals surface area contributed by atoms with Crippen molar-refractivity contribution in [1.29, 1.82) is 0 Å². The predicted octanol–water partition coefficient (Wildman–Crippen LogP) is 2.34. The second-order valence-electron chi connectivity index (χ2n) is 7.61. The number of carbonyl (C=O) groups is 1. The standard InChI is InChI=1S/C20H28N6O2/c1-28-16-7-5-15(6-8-16)22-19(27)17-13-18(25-10-3-2-4-11-25)24-20(23-17)26-12-9-21-14-26/h9,12-16H,2-8,10-11H2,1H3,(H,22,27).